The number of rotatable bonds is 8. The first-order chi connectivity index (χ1) is 13.5. The van der Waals surface area contributed by atoms with E-state index in [1.165, 1.54) is 33.9 Å². The highest BCUT2D eigenvalue weighted by Gasteiger charge is 2.29. The molecule has 2 rings (SSSR count). The summed E-state index contributed by atoms with van der Waals surface area (Å²) in [6.45, 7) is 4.73. The maximum atomic E-state index is 12.9. The highest BCUT2D eigenvalue weighted by molar-refractivity contribution is 7.89. The standard InChI is InChI=1S/C18H29N3O6S2/c1-5-20(6-2)29(25,26)15-9-10-17(27-3)16(12-15)18(22)19-14-8-7-11-21(13-14)28(4,23)24/h9-10,12,14H,5-8,11,13H2,1-4H3,(H,19,22). The molecule has 1 unspecified atom stereocenters. The van der Waals surface area contributed by atoms with Crippen molar-refractivity contribution in [3.8, 4) is 5.75 Å². The Bertz CT molecular complexity index is 942. The molecule has 1 atom stereocenters. The van der Waals surface area contributed by atoms with Crippen molar-refractivity contribution in [1.29, 1.82) is 0 Å². The van der Waals surface area contributed by atoms with E-state index in [4.69, 9.17) is 4.74 Å². The van der Waals surface area contributed by atoms with Gasteiger partial charge in [0.25, 0.3) is 5.91 Å². The van der Waals surface area contributed by atoms with Gasteiger partial charge in [0.2, 0.25) is 20.0 Å². The highest BCUT2D eigenvalue weighted by atomic mass is 32.2. The first-order valence-corrected chi connectivity index (χ1v) is 12.8. The van der Waals surface area contributed by atoms with Crippen molar-refractivity contribution in [1.82, 2.24) is 13.9 Å². The third-order valence-corrected chi connectivity index (χ3v) is 8.26. The number of benzene rings is 1. The van der Waals surface area contributed by atoms with Crippen molar-refractivity contribution in [3.63, 3.8) is 0 Å². The van der Waals surface area contributed by atoms with Gasteiger partial charge in [0.1, 0.15) is 5.75 Å². The van der Waals surface area contributed by atoms with Crippen LogP contribution in [0.15, 0.2) is 23.1 Å². The lowest BCUT2D eigenvalue weighted by molar-refractivity contribution is 0.0918. The summed E-state index contributed by atoms with van der Waals surface area (Å²) in [4.78, 5) is 12.9. The van der Waals surface area contributed by atoms with Crippen LogP contribution in [-0.4, -0.2) is 76.9 Å². The van der Waals surface area contributed by atoms with Crippen molar-refractivity contribution >= 4 is 26.0 Å². The molecular formula is C18H29N3O6S2. The van der Waals surface area contributed by atoms with E-state index in [0.29, 0.717) is 32.5 Å². The van der Waals surface area contributed by atoms with Crippen molar-refractivity contribution in [3.05, 3.63) is 23.8 Å². The van der Waals surface area contributed by atoms with E-state index in [1.54, 1.807) is 13.8 Å². The molecular weight excluding hydrogens is 418 g/mol. The molecule has 1 aliphatic heterocycles. The third kappa shape index (κ3) is 5.47. The second-order valence-electron chi connectivity index (χ2n) is 6.89. The molecule has 1 amide bonds. The summed E-state index contributed by atoms with van der Waals surface area (Å²) in [5.41, 5.74) is 0.0946. The zero-order chi connectivity index (χ0) is 21.8. The highest BCUT2D eigenvalue weighted by Crippen LogP contribution is 2.25. The van der Waals surface area contributed by atoms with E-state index in [9.17, 15) is 21.6 Å². The van der Waals surface area contributed by atoms with Crippen LogP contribution in [-0.2, 0) is 20.0 Å². The largest absolute Gasteiger partial charge is 0.496 e. The third-order valence-electron chi connectivity index (χ3n) is 4.95. The molecule has 164 valence electrons. The lowest BCUT2D eigenvalue weighted by Gasteiger charge is -2.31. The van der Waals surface area contributed by atoms with Crippen LogP contribution in [0.5, 0.6) is 5.75 Å². The Labute approximate surface area is 173 Å². The Morgan fingerprint density at radius 3 is 2.45 bits per heavy atom. The summed E-state index contributed by atoms with van der Waals surface area (Å²) in [5, 5.41) is 2.81. The molecule has 0 saturated carbocycles. The van der Waals surface area contributed by atoms with Gasteiger partial charge in [-0.1, -0.05) is 13.8 Å². The van der Waals surface area contributed by atoms with E-state index >= 15 is 0 Å². The number of carbonyl (C=O) groups is 1. The number of ether oxygens (including phenoxy) is 1. The van der Waals surface area contributed by atoms with Gasteiger partial charge >= 0.3 is 0 Å². The average Bonchev–Trinajstić information content (AvgIpc) is 2.67. The summed E-state index contributed by atoms with van der Waals surface area (Å²) in [7, 11) is -5.67. The molecule has 1 saturated heterocycles. The van der Waals surface area contributed by atoms with Crippen LogP contribution in [0, 0.1) is 0 Å². The van der Waals surface area contributed by atoms with Crippen LogP contribution in [0.3, 0.4) is 0 Å². The van der Waals surface area contributed by atoms with E-state index in [-0.39, 0.29) is 28.8 Å². The van der Waals surface area contributed by atoms with Gasteiger partial charge in [-0.2, -0.15) is 4.31 Å². The first-order valence-electron chi connectivity index (χ1n) is 9.48. The lowest BCUT2D eigenvalue weighted by Crippen LogP contribution is -2.49. The Balaban J connectivity index is 2.29. The summed E-state index contributed by atoms with van der Waals surface area (Å²) in [6.07, 6.45) is 2.41. The molecule has 9 nitrogen and oxygen atoms in total. The van der Waals surface area contributed by atoms with Gasteiger partial charge in [-0.05, 0) is 31.0 Å². The number of nitrogens with one attached hydrogen (secondary N) is 1. The Morgan fingerprint density at radius 2 is 1.90 bits per heavy atom. The van der Waals surface area contributed by atoms with Crippen molar-refractivity contribution < 1.29 is 26.4 Å². The number of piperidine rings is 1. The van der Waals surface area contributed by atoms with Crippen LogP contribution in [0.2, 0.25) is 0 Å². The molecule has 1 N–H and O–H groups in total. The van der Waals surface area contributed by atoms with Gasteiger partial charge in [0.15, 0.2) is 0 Å². The zero-order valence-corrected chi connectivity index (χ0v) is 18.8. The van der Waals surface area contributed by atoms with Gasteiger partial charge in [-0.25, -0.2) is 21.1 Å². The first kappa shape index (κ1) is 23.6. The van der Waals surface area contributed by atoms with Crippen LogP contribution in [0.4, 0.5) is 0 Å². The second kappa shape index (κ2) is 9.41. The minimum Gasteiger partial charge on any atom is -0.496 e. The average molecular weight is 448 g/mol. The number of nitrogens with zero attached hydrogens (tertiary/aromatic N) is 2. The number of hydrogen-bond acceptors (Lipinski definition) is 6. The minimum atomic E-state index is -3.73. The van der Waals surface area contributed by atoms with Crippen molar-refractivity contribution in [2.75, 3.05) is 39.5 Å². The molecule has 29 heavy (non-hydrogen) atoms. The Hall–Kier alpha value is -1.69. The predicted molar refractivity (Wildman–Crippen MR) is 110 cm³/mol. The molecule has 0 spiro atoms. The maximum Gasteiger partial charge on any atom is 0.255 e. The van der Waals surface area contributed by atoms with Crippen LogP contribution in [0.25, 0.3) is 0 Å². The summed E-state index contributed by atoms with van der Waals surface area (Å²) in [5.74, 6) is -0.254. The summed E-state index contributed by atoms with van der Waals surface area (Å²) in [6, 6.07) is 3.81. The number of methoxy groups -OCH3 is 1. The monoisotopic (exact) mass is 447 g/mol. The van der Waals surface area contributed by atoms with Gasteiger partial charge in [-0.3, -0.25) is 4.79 Å². The number of amides is 1. The minimum absolute atomic E-state index is 0.00792. The molecule has 1 aromatic rings. The van der Waals surface area contributed by atoms with Crippen LogP contribution < -0.4 is 10.1 Å². The van der Waals surface area contributed by atoms with E-state index in [1.807, 2.05) is 0 Å². The second-order valence-corrected chi connectivity index (χ2v) is 10.8. The molecule has 0 aliphatic carbocycles. The lowest BCUT2D eigenvalue weighted by atomic mass is 10.1. The van der Waals surface area contributed by atoms with Gasteiger partial charge in [0.05, 0.1) is 23.8 Å². The molecule has 0 radical (unpaired) electrons. The fourth-order valence-corrected chi connectivity index (χ4v) is 5.76. The van der Waals surface area contributed by atoms with E-state index in [2.05, 4.69) is 5.32 Å². The van der Waals surface area contributed by atoms with Gasteiger partial charge < -0.3 is 10.1 Å². The zero-order valence-electron chi connectivity index (χ0n) is 17.2. The maximum absolute atomic E-state index is 12.9. The number of sulfonamides is 2. The molecule has 0 aromatic heterocycles. The normalized spacial score (nSPS) is 18.6. The molecule has 1 fully saturated rings. The van der Waals surface area contributed by atoms with Crippen LogP contribution >= 0.6 is 0 Å². The van der Waals surface area contributed by atoms with Gasteiger partial charge in [0, 0.05) is 32.2 Å². The van der Waals surface area contributed by atoms with Gasteiger partial charge in [-0.15, -0.1) is 0 Å². The SMILES string of the molecule is CCN(CC)S(=O)(=O)c1ccc(OC)c(C(=O)NC2CCCN(S(C)(=O)=O)C2)c1. The topological polar surface area (TPSA) is 113 Å². The Kier molecular flexibility index (Phi) is 7.66. The van der Waals surface area contributed by atoms with Crippen molar-refractivity contribution in [2.45, 2.75) is 37.6 Å². The fraction of sp³-hybridized carbons (Fsp3) is 0.611. The molecule has 11 heteroatoms. The smallest absolute Gasteiger partial charge is 0.255 e. The fourth-order valence-electron chi connectivity index (χ4n) is 3.36. The Morgan fingerprint density at radius 1 is 1.24 bits per heavy atom. The molecule has 0 bridgehead atoms. The summed E-state index contributed by atoms with van der Waals surface area (Å²) >= 11 is 0. The van der Waals surface area contributed by atoms with E-state index in [0.717, 1.165) is 6.26 Å². The molecule has 1 aromatic carbocycles. The van der Waals surface area contributed by atoms with E-state index < -0.39 is 26.0 Å². The predicted octanol–water partition coefficient (Wildman–Crippen LogP) is 0.880. The summed E-state index contributed by atoms with van der Waals surface area (Å²) < 4.78 is 57.0. The quantitative estimate of drug-likeness (QED) is 0.633. The molecule has 1 aliphatic rings. The number of carbonyl (C=O) groups excluding carboxylic acids is 1. The van der Waals surface area contributed by atoms with Crippen LogP contribution in [0.1, 0.15) is 37.0 Å². The molecule has 1 heterocycles. The van der Waals surface area contributed by atoms with Crippen molar-refractivity contribution in [2.24, 2.45) is 0 Å². The number of hydrogen-bond donors (Lipinski definition) is 1.